The Kier molecular flexibility index (Phi) is 6.09. The molecule has 1 aromatic rings. The third-order valence-corrected chi connectivity index (χ3v) is 2.89. The Balaban J connectivity index is 2.44. The lowest BCUT2D eigenvalue weighted by atomic mass is 10.0. The molecule has 0 aliphatic carbocycles. The number of anilines is 1. The van der Waals surface area contributed by atoms with Gasteiger partial charge in [0.05, 0.1) is 0 Å². The molecule has 0 aromatic heterocycles. The standard InChI is InChI=1S/C13H18ClFN2O/c1-9(4-5-16)2-3-13(18)17-12-7-10(14)6-11(15)8-12/h6-9H,2-5,16H2,1H3,(H,17,18). The summed E-state index contributed by atoms with van der Waals surface area (Å²) in [5.74, 6) is -0.188. The Morgan fingerprint density at radius 2 is 2.17 bits per heavy atom. The van der Waals surface area contributed by atoms with Crippen molar-refractivity contribution in [1.29, 1.82) is 0 Å². The molecule has 0 spiro atoms. The fraction of sp³-hybridized carbons (Fsp3) is 0.462. The van der Waals surface area contributed by atoms with E-state index in [1.807, 2.05) is 0 Å². The normalized spacial score (nSPS) is 12.2. The van der Waals surface area contributed by atoms with Crippen LogP contribution in [0.2, 0.25) is 5.02 Å². The maximum atomic E-state index is 13.0. The maximum absolute atomic E-state index is 13.0. The van der Waals surface area contributed by atoms with Gasteiger partial charge in [-0.3, -0.25) is 4.79 Å². The highest BCUT2D eigenvalue weighted by Crippen LogP contribution is 2.18. The van der Waals surface area contributed by atoms with Gasteiger partial charge in [-0.1, -0.05) is 18.5 Å². The Morgan fingerprint density at radius 3 is 2.78 bits per heavy atom. The maximum Gasteiger partial charge on any atom is 0.224 e. The molecule has 0 saturated carbocycles. The summed E-state index contributed by atoms with van der Waals surface area (Å²) in [7, 11) is 0. The van der Waals surface area contributed by atoms with Crippen molar-refractivity contribution >= 4 is 23.2 Å². The third kappa shape index (κ3) is 5.47. The molecule has 0 heterocycles. The van der Waals surface area contributed by atoms with Crippen molar-refractivity contribution in [3.8, 4) is 0 Å². The molecule has 1 unspecified atom stereocenters. The van der Waals surface area contributed by atoms with E-state index in [4.69, 9.17) is 17.3 Å². The van der Waals surface area contributed by atoms with Crippen LogP contribution < -0.4 is 11.1 Å². The molecule has 1 amide bonds. The number of halogens is 2. The van der Waals surface area contributed by atoms with Crippen LogP contribution in [0.25, 0.3) is 0 Å². The van der Waals surface area contributed by atoms with Crippen LogP contribution >= 0.6 is 11.6 Å². The minimum Gasteiger partial charge on any atom is -0.330 e. The second kappa shape index (κ2) is 7.34. The third-order valence-electron chi connectivity index (χ3n) is 2.67. The van der Waals surface area contributed by atoms with Crippen LogP contribution in [0.3, 0.4) is 0 Å². The predicted molar refractivity (Wildman–Crippen MR) is 72.1 cm³/mol. The molecule has 0 saturated heterocycles. The first-order valence-corrected chi connectivity index (χ1v) is 6.35. The van der Waals surface area contributed by atoms with Gasteiger partial charge in [-0.25, -0.2) is 4.39 Å². The van der Waals surface area contributed by atoms with Crippen LogP contribution in [0.15, 0.2) is 18.2 Å². The minimum atomic E-state index is -0.464. The zero-order valence-corrected chi connectivity index (χ0v) is 11.1. The number of carbonyl (C=O) groups is 1. The average Bonchev–Trinajstić information content (AvgIpc) is 2.25. The molecular formula is C13H18ClFN2O. The van der Waals surface area contributed by atoms with Crippen molar-refractivity contribution in [2.24, 2.45) is 11.7 Å². The minimum absolute atomic E-state index is 0.138. The number of rotatable bonds is 6. The zero-order valence-electron chi connectivity index (χ0n) is 10.4. The van der Waals surface area contributed by atoms with E-state index in [1.54, 1.807) is 0 Å². The van der Waals surface area contributed by atoms with E-state index in [0.717, 1.165) is 12.8 Å². The highest BCUT2D eigenvalue weighted by molar-refractivity contribution is 6.30. The van der Waals surface area contributed by atoms with Gasteiger partial charge in [-0.05, 0) is 43.5 Å². The van der Waals surface area contributed by atoms with Gasteiger partial charge < -0.3 is 11.1 Å². The number of benzene rings is 1. The topological polar surface area (TPSA) is 55.1 Å². The fourth-order valence-corrected chi connectivity index (χ4v) is 1.88. The SMILES string of the molecule is CC(CCN)CCC(=O)Nc1cc(F)cc(Cl)c1. The molecule has 0 aliphatic rings. The van der Waals surface area contributed by atoms with Crippen LogP contribution in [0.1, 0.15) is 26.2 Å². The van der Waals surface area contributed by atoms with E-state index >= 15 is 0 Å². The van der Waals surface area contributed by atoms with Gasteiger partial charge in [0.25, 0.3) is 0 Å². The van der Waals surface area contributed by atoms with Crippen molar-refractivity contribution in [3.05, 3.63) is 29.0 Å². The van der Waals surface area contributed by atoms with Gasteiger partial charge in [-0.15, -0.1) is 0 Å². The summed E-state index contributed by atoms with van der Waals surface area (Å²) in [4.78, 5) is 11.6. The zero-order chi connectivity index (χ0) is 13.5. The smallest absolute Gasteiger partial charge is 0.224 e. The van der Waals surface area contributed by atoms with Crippen LogP contribution in [0.4, 0.5) is 10.1 Å². The van der Waals surface area contributed by atoms with E-state index in [-0.39, 0.29) is 10.9 Å². The van der Waals surface area contributed by atoms with E-state index in [0.29, 0.717) is 24.6 Å². The molecule has 18 heavy (non-hydrogen) atoms. The first kappa shape index (κ1) is 14.9. The highest BCUT2D eigenvalue weighted by atomic mass is 35.5. The van der Waals surface area contributed by atoms with E-state index in [1.165, 1.54) is 18.2 Å². The van der Waals surface area contributed by atoms with Crippen LogP contribution in [0.5, 0.6) is 0 Å². The van der Waals surface area contributed by atoms with Crippen molar-refractivity contribution in [1.82, 2.24) is 0 Å². The Hall–Kier alpha value is -1.13. The number of hydrogen-bond acceptors (Lipinski definition) is 2. The summed E-state index contributed by atoms with van der Waals surface area (Å²) in [5.41, 5.74) is 5.82. The summed E-state index contributed by atoms with van der Waals surface area (Å²) >= 11 is 5.70. The largest absolute Gasteiger partial charge is 0.330 e. The Labute approximate surface area is 112 Å². The lowest BCUT2D eigenvalue weighted by Crippen LogP contribution is -2.14. The Bertz CT molecular complexity index is 392. The number of amides is 1. The van der Waals surface area contributed by atoms with E-state index in [2.05, 4.69) is 12.2 Å². The molecule has 0 radical (unpaired) electrons. The van der Waals surface area contributed by atoms with E-state index < -0.39 is 5.82 Å². The Morgan fingerprint density at radius 1 is 1.44 bits per heavy atom. The lowest BCUT2D eigenvalue weighted by molar-refractivity contribution is -0.116. The molecule has 100 valence electrons. The molecule has 3 nitrogen and oxygen atoms in total. The average molecular weight is 273 g/mol. The number of carbonyl (C=O) groups excluding carboxylic acids is 1. The van der Waals surface area contributed by atoms with Crippen molar-refractivity contribution in [2.45, 2.75) is 26.2 Å². The van der Waals surface area contributed by atoms with Gasteiger partial charge in [0.15, 0.2) is 0 Å². The molecule has 1 rings (SSSR count). The van der Waals surface area contributed by atoms with Gasteiger partial charge in [0, 0.05) is 17.1 Å². The monoisotopic (exact) mass is 272 g/mol. The van der Waals surface area contributed by atoms with Crippen molar-refractivity contribution in [3.63, 3.8) is 0 Å². The summed E-state index contributed by atoms with van der Waals surface area (Å²) in [5, 5.41) is 2.89. The van der Waals surface area contributed by atoms with Crippen LogP contribution in [-0.2, 0) is 4.79 Å². The van der Waals surface area contributed by atoms with Gasteiger partial charge >= 0.3 is 0 Å². The predicted octanol–water partition coefficient (Wildman–Crippen LogP) is 3.18. The molecular weight excluding hydrogens is 255 g/mol. The summed E-state index contributed by atoms with van der Waals surface area (Å²) < 4.78 is 13.0. The van der Waals surface area contributed by atoms with Crippen LogP contribution in [-0.4, -0.2) is 12.5 Å². The number of nitrogens with two attached hydrogens (primary N) is 1. The molecule has 0 bridgehead atoms. The van der Waals surface area contributed by atoms with Crippen LogP contribution in [0, 0.1) is 11.7 Å². The van der Waals surface area contributed by atoms with E-state index in [9.17, 15) is 9.18 Å². The first-order valence-electron chi connectivity index (χ1n) is 5.97. The van der Waals surface area contributed by atoms with Gasteiger partial charge in [0.2, 0.25) is 5.91 Å². The molecule has 1 atom stereocenters. The summed E-state index contributed by atoms with van der Waals surface area (Å²) in [6.07, 6.45) is 2.07. The molecule has 5 heteroatoms. The summed E-state index contributed by atoms with van der Waals surface area (Å²) in [6.45, 7) is 2.68. The molecule has 0 fully saturated rings. The van der Waals surface area contributed by atoms with Gasteiger partial charge in [0.1, 0.15) is 5.82 Å². The quantitative estimate of drug-likeness (QED) is 0.836. The van der Waals surface area contributed by atoms with Gasteiger partial charge in [-0.2, -0.15) is 0 Å². The number of nitrogens with one attached hydrogen (secondary N) is 1. The lowest BCUT2D eigenvalue weighted by Gasteiger charge is -2.10. The number of hydrogen-bond donors (Lipinski definition) is 2. The molecule has 3 N–H and O–H groups in total. The molecule has 1 aromatic carbocycles. The fourth-order valence-electron chi connectivity index (χ4n) is 1.66. The summed E-state index contributed by atoms with van der Waals surface area (Å²) in [6, 6.07) is 3.96. The van der Waals surface area contributed by atoms with Crippen molar-refractivity contribution < 1.29 is 9.18 Å². The first-order chi connectivity index (χ1) is 8.51. The highest BCUT2D eigenvalue weighted by Gasteiger charge is 2.07. The molecule has 0 aliphatic heterocycles. The second-order valence-electron chi connectivity index (χ2n) is 4.43. The second-order valence-corrected chi connectivity index (χ2v) is 4.86. The van der Waals surface area contributed by atoms with Crippen molar-refractivity contribution in [2.75, 3.05) is 11.9 Å².